The number of hydrogen-bond acceptors (Lipinski definition) is 4. The van der Waals surface area contributed by atoms with E-state index in [0.717, 1.165) is 0 Å². The van der Waals surface area contributed by atoms with Crippen LogP contribution in [0.3, 0.4) is 0 Å². The van der Waals surface area contributed by atoms with Crippen LogP contribution in [0.25, 0.3) is 0 Å². The molecule has 1 aromatic carbocycles. The van der Waals surface area contributed by atoms with Crippen LogP contribution in [0.4, 0.5) is 8.78 Å². The van der Waals surface area contributed by atoms with E-state index >= 15 is 0 Å². The van der Waals surface area contributed by atoms with Crippen molar-refractivity contribution in [2.24, 2.45) is 0 Å². The fourth-order valence-corrected chi connectivity index (χ4v) is 2.14. The molecule has 4 nitrogen and oxygen atoms in total. The van der Waals surface area contributed by atoms with E-state index < -0.39 is 31.0 Å². The minimum Gasteiger partial charge on any atom is -0.432 e. The fourth-order valence-electron chi connectivity index (χ4n) is 2.14. The molecular weight excluding hydrogens is 293 g/mol. The molecule has 0 amide bonds. The van der Waals surface area contributed by atoms with E-state index in [-0.39, 0.29) is 11.3 Å². The molecule has 1 aliphatic rings. The molecule has 7 heteroatoms. The van der Waals surface area contributed by atoms with E-state index in [1.54, 1.807) is 12.1 Å². The average Bonchev–Trinajstić information content (AvgIpc) is 2.57. The van der Waals surface area contributed by atoms with Crippen molar-refractivity contribution in [1.82, 2.24) is 0 Å². The third-order valence-corrected chi connectivity index (χ3v) is 4.07. The molecule has 0 unspecified atom stereocenters. The van der Waals surface area contributed by atoms with Gasteiger partial charge in [-0.05, 0) is 39.2 Å². The maximum absolute atomic E-state index is 13.0. The van der Waals surface area contributed by atoms with Gasteiger partial charge in [0, 0.05) is 12.5 Å². The molecule has 2 rings (SSSR count). The highest BCUT2D eigenvalue weighted by molar-refractivity contribution is 6.62. The number of ether oxygens (including phenoxy) is 1. The highest BCUT2D eigenvalue weighted by Crippen LogP contribution is 2.36. The molecule has 0 bridgehead atoms. The Morgan fingerprint density at radius 3 is 2.18 bits per heavy atom. The standard InChI is InChI=1S/C15H21BF2O4/c1-13(2)14(3,4)22-16(21-13)11-6-7-12(10(8-11)9-19)20-15(5,17)18/h6-8,19H,9H2,1-5H3. The van der Waals surface area contributed by atoms with Crippen LogP contribution in [0.5, 0.6) is 5.75 Å². The Bertz CT molecular complexity index is 539. The van der Waals surface area contributed by atoms with Crippen LogP contribution in [-0.2, 0) is 15.9 Å². The summed E-state index contributed by atoms with van der Waals surface area (Å²) in [5, 5.41) is 9.38. The van der Waals surface area contributed by atoms with Gasteiger partial charge in [-0.3, -0.25) is 0 Å². The van der Waals surface area contributed by atoms with Crippen molar-refractivity contribution in [2.45, 2.75) is 58.5 Å². The van der Waals surface area contributed by atoms with E-state index in [1.165, 1.54) is 6.07 Å². The van der Waals surface area contributed by atoms with Crippen LogP contribution in [0.1, 0.15) is 40.2 Å². The third-order valence-electron chi connectivity index (χ3n) is 4.07. The lowest BCUT2D eigenvalue weighted by Gasteiger charge is -2.32. The average molecular weight is 314 g/mol. The third kappa shape index (κ3) is 3.42. The first-order valence-corrected chi connectivity index (χ1v) is 7.11. The van der Waals surface area contributed by atoms with E-state index in [9.17, 15) is 13.9 Å². The Morgan fingerprint density at radius 1 is 1.18 bits per heavy atom. The molecular formula is C15H21BF2O4. The topological polar surface area (TPSA) is 47.9 Å². The van der Waals surface area contributed by atoms with Crippen LogP contribution in [0.2, 0.25) is 0 Å². The lowest BCUT2D eigenvalue weighted by Crippen LogP contribution is -2.41. The second-order valence-corrected chi connectivity index (χ2v) is 6.52. The molecule has 0 atom stereocenters. The van der Waals surface area contributed by atoms with Gasteiger partial charge in [0.05, 0.1) is 17.8 Å². The van der Waals surface area contributed by atoms with Crippen LogP contribution in [0.15, 0.2) is 18.2 Å². The zero-order valence-corrected chi connectivity index (χ0v) is 13.4. The van der Waals surface area contributed by atoms with Gasteiger partial charge in [-0.25, -0.2) is 0 Å². The Kier molecular flexibility index (Phi) is 4.28. The predicted octanol–water partition coefficient (Wildman–Crippen LogP) is 2.47. The number of aliphatic hydroxyl groups excluding tert-OH is 1. The van der Waals surface area contributed by atoms with Crippen LogP contribution >= 0.6 is 0 Å². The Balaban J connectivity index is 2.28. The summed E-state index contributed by atoms with van der Waals surface area (Å²) in [7, 11) is -0.619. The van der Waals surface area contributed by atoms with Crippen molar-refractivity contribution in [2.75, 3.05) is 0 Å². The van der Waals surface area contributed by atoms with Crippen molar-refractivity contribution >= 4 is 12.6 Å². The minimum absolute atomic E-state index is 0.0599. The van der Waals surface area contributed by atoms with Gasteiger partial charge in [0.15, 0.2) is 0 Å². The van der Waals surface area contributed by atoms with Crippen LogP contribution in [0, 0.1) is 0 Å². The number of hydrogen-bond donors (Lipinski definition) is 1. The van der Waals surface area contributed by atoms with Crippen LogP contribution in [-0.4, -0.2) is 29.5 Å². The molecule has 122 valence electrons. The van der Waals surface area contributed by atoms with Crippen molar-refractivity contribution in [1.29, 1.82) is 0 Å². The minimum atomic E-state index is -3.31. The van der Waals surface area contributed by atoms with Gasteiger partial charge < -0.3 is 19.2 Å². The number of rotatable bonds is 4. The smallest absolute Gasteiger partial charge is 0.432 e. The zero-order valence-electron chi connectivity index (χ0n) is 13.4. The van der Waals surface area contributed by atoms with E-state index in [1.807, 2.05) is 27.7 Å². The summed E-state index contributed by atoms with van der Waals surface area (Å²) >= 11 is 0. The Hall–Kier alpha value is -1.18. The van der Waals surface area contributed by atoms with Gasteiger partial charge in [-0.15, -0.1) is 0 Å². The molecule has 1 fully saturated rings. The summed E-state index contributed by atoms with van der Waals surface area (Å²) in [6, 6.07) is 4.55. The maximum atomic E-state index is 13.0. The van der Waals surface area contributed by atoms with Crippen molar-refractivity contribution < 1.29 is 27.9 Å². The largest absolute Gasteiger partial charge is 0.494 e. The molecule has 1 N–H and O–H groups in total. The SMILES string of the molecule is CC(F)(F)Oc1ccc(B2OC(C)(C)C(C)(C)O2)cc1CO. The quantitative estimate of drug-likeness (QED) is 0.868. The van der Waals surface area contributed by atoms with Gasteiger partial charge >= 0.3 is 13.2 Å². The number of halogens is 2. The summed E-state index contributed by atoms with van der Waals surface area (Å²) in [5.41, 5.74) is -0.0890. The van der Waals surface area contributed by atoms with Gasteiger partial charge in [0.2, 0.25) is 0 Å². The molecule has 0 aromatic heterocycles. The lowest BCUT2D eigenvalue weighted by molar-refractivity contribution is -0.159. The Labute approximate surface area is 129 Å². The van der Waals surface area contributed by atoms with Crippen molar-refractivity contribution in [3.63, 3.8) is 0 Å². The first kappa shape index (κ1) is 17.2. The highest BCUT2D eigenvalue weighted by Gasteiger charge is 2.51. The number of aliphatic hydroxyl groups is 1. The molecule has 1 aliphatic heterocycles. The Morgan fingerprint density at radius 2 is 1.73 bits per heavy atom. The summed E-state index contributed by atoms with van der Waals surface area (Å²) in [5.74, 6) is -0.0599. The summed E-state index contributed by atoms with van der Waals surface area (Å²) < 4.78 is 42.3. The van der Waals surface area contributed by atoms with Gasteiger partial charge in [-0.2, -0.15) is 8.78 Å². The normalized spacial score (nSPS) is 20.3. The van der Waals surface area contributed by atoms with E-state index in [2.05, 4.69) is 4.74 Å². The molecule has 0 aliphatic carbocycles. The van der Waals surface area contributed by atoms with E-state index in [4.69, 9.17) is 9.31 Å². The summed E-state index contributed by atoms with van der Waals surface area (Å²) in [6.45, 7) is 7.93. The molecule has 22 heavy (non-hydrogen) atoms. The highest BCUT2D eigenvalue weighted by atomic mass is 19.3. The van der Waals surface area contributed by atoms with Gasteiger partial charge in [0.1, 0.15) is 5.75 Å². The van der Waals surface area contributed by atoms with Crippen LogP contribution < -0.4 is 10.2 Å². The first-order valence-electron chi connectivity index (χ1n) is 7.11. The second kappa shape index (κ2) is 5.47. The number of alkyl halides is 2. The van der Waals surface area contributed by atoms with Crippen molar-refractivity contribution in [3.8, 4) is 5.75 Å². The predicted molar refractivity (Wildman–Crippen MR) is 79.3 cm³/mol. The number of benzene rings is 1. The molecule has 0 saturated carbocycles. The maximum Gasteiger partial charge on any atom is 0.494 e. The van der Waals surface area contributed by atoms with Gasteiger partial charge in [0.25, 0.3) is 0 Å². The molecule has 0 spiro atoms. The fraction of sp³-hybridized carbons (Fsp3) is 0.600. The van der Waals surface area contributed by atoms with E-state index in [0.29, 0.717) is 12.4 Å². The first-order chi connectivity index (χ1) is 9.95. The summed E-state index contributed by atoms with van der Waals surface area (Å²) in [6.07, 6.45) is -3.31. The molecule has 1 heterocycles. The van der Waals surface area contributed by atoms with Crippen molar-refractivity contribution in [3.05, 3.63) is 23.8 Å². The van der Waals surface area contributed by atoms with Gasteiger partial charge in [-0.1, -0.05) is 12.1 Å². The summed E-state index contributed by atoms with van der Waals surface area (Å²) in [4.78, 5) is 0. The molecule has 0 radical (unpaired) electrons. The molecule has 1 aromatic rings. The second-order valence-electron chi connectivity index (χ2n) is 6.52. The zero-order chi connectivity index (χ0) is 16.8. The lowest BCUT2D eigenvalue weighted by atomic mass is 9.78. The monoisotopic (exact) mass is 314 g/mol. The molecule has 1 saturated heterocycles.